The maximum Gasteiger partial charge on any atom is 0.0696 e. The summed E-state index contributed by atoms with van der Waals surface area (Å²) in [6.45, 7) is 8.00. The van der Waals surface area contributed by atoms with Gasteiger partial charge in [0.25, 0.3) is 0 Å². The molecule has 1 aliphatic rings. The quantitative estimate of drug-likeness (QED) is 0.839. The Hall–Kier alpha value is -1.48. The van der Waals surface area contributed by atoms with Crippen molar-refractivity contribution in [3.05, 3.63) is 35.5 Å². The molecular weight excluding hydrogens is 234 g/mol. The highest BCUT2D eigenvalue weighted by Gasteiger charge is 2.24. The number of nitrogens with two attached hydrogens (primary N) is 1. The molecule has 0 unspecified atom stereocenters. The zero-order valence-electron chi connectivity index (χ0n) is 11.9. The molecule has 19 heavy (non-hydrogen) atoms. The first-order chi connectivity index (χ1) is 9.22. The van der Waals surface area contributed by atoms with Crippen LogP contribution in [0.25, 0.3) is 10.9 Å². The first-order valence-corrected chi connectivity index (χ1v) is 7.29. The van der Waals surface area contributed by atoms with Gasteiger partial charge in [0.15, 0.2) is 0 Å². The Labute approximate surface area is 115 Å². The van der Waals surface area contributed by atoms with Crippen molar-refractivity contribution in [2.24, 2.45) is 0 Å². The molecule has 0 aliphatic carbocycles. The maximum atomic E-state index is 6.21. The van der Waals surface area contributed by atoms with Gasteiger partial charge < -0.3 is 10.7 Å². The number of hydrogen-bond acceptors (Lipinski definition) is 2. The smallest absolute Gasteiger partial charge is 0.0696 e. The Morgan fingerprint density at radius 3 is 2.58 bits per heavy atom. The molecule has 2 heterocycles. The Kier molecular flexibility index (Phi) is 3.23. The summed E-state index contributed by atoms with van der Waals surface area (Å²) in [5, 5.41) is 1.34. The average Bonchev–Trinajstić information content (AvgIpc) is 2.72. The van der Waals surface area contributed by atoms with Gasteiger partial charge in [0, 0.05) is 11.1 Å². The molecule has 1 fully saturated rings. The molecule has 3 heteroatoms. The fraction of sp³-hybridized carbons (Fsp3) is 0.500. The van der Waals surface area contributed by atoms with E-state index in [4.69, 9.17) is 5.84 Å². The Balaban J connectivity index is 1.99. The molecule has 0 amide bonds. The van der Waals surface area contributed by atoms with Gasteiger partial charge in [-0.3, -0.25) is 4.68 Å². The first kappa shape index (κ1) is 12.5. The Morgan fingerprint density at radius 2 is 1.89 bits per heavy atom. The third kappa shape index (κ3) is 2.02. The number of rotatable bonds is 2. The van der Waals surface area contributed by atoms with Crippen LogP contribution >= 0.6 is 0 Å². The second kappa shape index (κ2) is 4.89. The molecule has 0 bridgehead atoms. The van der Waals surface area contributed by atoms with Gasteiger partial charge in [-0.15, -0.1) is 0 Å². The molecule has 0 atom stereocenters. The van der Waals surface area contributed by atoms with Gasteiger partial charge in [-0.2, -0.15) is 0 Å². The normalized spacial score (nSPS) is 18.2. The fourth-order valence-corrected chi connectivity index (χ4v) is 3.47. The van der Waals surface area contributed by atoms with Crippen molar-refractivity contribution < 1.29 is 0 Å². The molecule has 102 valence electrons. The fourth-order valence-electron chi connectivity index (χ4n) is 3.47. The lowest BCUT2D eigenvalue weighted by Crippen LogP contribution is -2.32. The van der Waals surface area contributed by atoms with E-state index in [1.807, 2.05) is 4.68 Å². The number of nitrogens with zero attached hydrogens (tertiary/aromatic N) is 2. The van der Waals surface area contributed by atoms with Gasteiger partial charge >= 0.3 is 0 Å². The first-order valence-electron chi connectivity index (χ1n) is 7.29. The van der Waals surface area contributed by atoms with E-state index in [2.05, 4.69) is 43.0 Å². The molecular formula is C16H23N3. The van der Waals surface area contributed by atoms with Gasteiger partial charge in [-0.1, -0.05) is 25.1 Å². The van der Waals surface area contributed by atoms with Crippen LogP contribution in [0.4, 0.5) is 0 Å². The summed E-state index contributed by atoms with van der Waals surface area (Å²) in [6, 6.07) is 8.52. The molecule has 0 saturated carbocycles. The van der Waals surface area contributed by atoms with Crippen molar-refractivity contribution in [2.75, 3.05) is 25.5 Å². The van der Waals surface area contributed by atoms with Gasteiger partial charge in [0.1, 0.15) is 0 Å². The predicted molar refractivity (Wildman–Crippen MR) is 80.9 cm³/mol. The number of fused-ring (bicyclic) bond motifs is 1. The van der Waals surface area contributed by atoms with Gasteiger partial charge in [-0.25, -0.2) is 0 Å². The van der Waals surface area contributed by atoms with Gasteiger partial charge in [-0.05, 0) is 56.9 Å². The molecule has 2 aromatic rings. The predicted octanol–water partition coefficient (Wildman–Crippen LogP) is 2.86. The summed E-state index contributed by atoms with van der Waals surface area (Å²) in [4.78, 5) is 2.54. The monoisotopic (exact) mass is 257 g/mol. The molecule has 3 nitrogen and oxygen atoms in total. The summed E-state index contributed by atoms with van der Waals surface area (Å²) < 4.78 is 1.86. The van der Waals surface area contributed by atoms with Crippen molar-refractivity contribution in [3.63, 3.8) is 0 Å². The number of likely N-dealkylation sites (tertiary alicyclic amines) is 1. The second-order valence-corrected chi connectivity index (χ2v) is 5.59. The van der Waals surface area contributed by atoms with E-state index in [9.17, 15) is 0 Å². The molecule has 2 N–H and O–H groups in total. The average molecular weight is 257 g/mol. The van der Waals surface area contributed by atoms with E-state index in [0.29, 0.717) is 5.92 Å². The Bertz CT molecular complexity index is 577. The van der Waals surface area contributed by atoms with E-state index >= 15 is 0 Å². The highest BCUT2D eigenvalue weighted by molar-refractivity contribution is 5.86. The highest BCUT2D eigenvalue weighted by atomic mass is 15.3. The van der Waals surface area contributed by atoms with Crippen LogP contribution in [-0.4, -0.2) is 29.2 Å². The van der Waals surface area contributed by atoms with E-state index in [1.54, 1.807) is 0 Å². The molecule has 1 aliphatic heterocycles. The zero-order valence-corrected chi connectivity index (χ0v) is 11.9. The number of nitrogen functional groups attached to an aromatic ring is 1. The van der Waals surface area contributed by atoms with Crippen LogP contribution in [0.3, 0.4) is 0 Å². The van der Waals surface area contributed by atoms with Crippen molar-refractivity contribution in [2.45, 2.75) is 32.6 Å². The highest BCUT2D eigenvalue weighted by Crippen LogP contribution is 2.36. The van der Waals surface area contributed by atoms with Crippen molar-refractivity contribution in [1.82, 2.24) is 9.58 Å². The Morgan fingerprint density at radius 1 is 1.21 bits per heavy atom. The topological polar surface area (TPSA) is 34.2 Å². The van der Waals surface area contributed by atoms with Crippen LogP contribution < -0.4 is 5.84 Å². The van der Waals surface area contributed by atoms with Crippen LogP contribution in [0.2, 0.25) is 0 Å². The second-order valence-electron chi connectivity index (χ2n) is 5.59. The largest absolute Gasteiger partial charge is 0.339 e. The third-order valence-corrected chi connectivity index (χ3v) is 4.65. The minimum absolute atomic E-state index is 0.664. The van der Waals surface area contributed by atoms with Crippen molar-refractivity contribution >= 4 is 10.9 Å². The van der Waals surface area contributed by atoms with Gasteiger partial charge in [0.2, 0.25) is 0 Å². The van der Waals surface area contributed by atoms with Gasteiger partial charge in [0.05, 0.1) is 5.52 Å². The lowest BCUT2D eigenvalue weighted by molar-refractivity contribution is 0.222. The van der Waals surface area contributed by atoms with E-state index in [1.165, 1.54) is 49.1 Å². The minimum atomic E-state index is 0.664. The third-order valence-electron chi connectivity index (χ3n) is 4.65. The lowest BCUT2D eigenvalue weighted by atomic mass is 9.87. The zero-order chi connectivity index (χ0) is 13.4. The summed E-state index contributed by atoms with van der Waals surface area (Å²) in [6.07, 6.45) is 2.51. The summed E-state index contributed by atoms with van der Waals surface area (Å²) in [7, 11) is 0. The molecule has 0 spiro atoms. The number of piperidine rings is 1. The van der Waals surface area contributed by atoms with Crippen LogP contribution in [-0.2, 0) is 0 Å². The van der Waals surface area contributed by atoms with Crippen molar-refractivity contribution in [3.8, 4) is 0 Å². The summed E-state index contributed by atoms with van der Waals surface area (Å²) in [5.74, 6) is 6.87. The standard InChI is InChI=1S/C16H23N3/c1-3-18-10-8-13(9-11-18)16-12(2)19(17)15-7-5-4-6-14(15)16/h4-7,13H,3,8-11,17H2,1-2H3. The van der Waals surface area contributed by atoms with Crippen LogP contribution in [0, 0.1) is 6.92 Å². The molecule has 1 aromatic carbocycles. The van der Waals surface area contributed by atoms with Crippen molar-refractivity contribution in [1.29, 1.82) is 0 Å². The van der Waals surface area contributed by atoms with E-state index < -0.39 is 0 Å². The number of benzene rings is 1. The summed E-state index contributed by atoms with van der Waals surface area (Å²) in [5.41, 5.74) is 3.87. The minimum Gasteiger partial charge on any atom is -0.339 e. The SMILES string of the molecule is CCN1CCC(c2c(C)n(N)c3ccccc23)CC1. The number of hydrogen-bond donors (Lipinski definition) is 1. The van der Waals surface area contributed by atoms with Crippen LogP contribution in [0.5, 0.6) is 0 Å². The summed E-state index contributed by atoms with van der Waals surface area (Å²) >= 11 is 0. The van der Waals surface area contributed by atoms with E-state index in [-0.39, 0.29) is 0 Å². The van der Waals surface area contributed by atoms with Crippen LogP contribution in [0.15, 0.2) is 24.3 Å². The lowest BCUT2D eigenvalue weighted by Gasteiger charge is -2.31. The number of para-hydroxylation sites is 1. The number of aromatic nitrogens is 1. The molecule has 1 saturated heterocycles. The molecule has 3 rings (SSSR count). The van der Waals surface area contributed by atoms with E-state index in [0.717, 1.165) is 5.52 Å². The molecule has 0 radical (unpaired) electrons. The maximum absolute atomic E-state index is 6.21. The van der Waals surface area contributed by atoms with Crippen LogP contribution in [0.1, 0.15) is 36.9 Å². The molecule has 1 aromatic heterocycles.